The van der Waals surface area contributed by atoms with Crippen molar-refractivity contribution in [2.75, 3.05) is 5.75 Å². The smallest absolute Gasteiger partial charge is 0.243 e. The van der Waals surface area contributed by atoms with Gasteiger partial charge >= 0.3 is 0 Å². The average molecular weight is 293 g/mol. The fourth-order valence-corrected chi connectivity index (χ4v) is 5.21. The molecule has 1 saturated carbocycles. The van der Waals surface area contributed by atoms with Gasteiger partial charge in [0.1, 0.15) is 0 Å². The Morgan fingerprint density at radius 3 is 2.85 bits per heavy atom. The number of fused-ring (bicyclic) bond motifs is 1. The number of hydrogen-bond acceptors (Lipinski definition) is 5. The predicted octanol–water partition coefficient (Wildman–Crippen LogP) is 3.62. The molecule has 4 rings (SSSR count). The minimum absolute atomic E-state index is 0.304. The van der Waals surface area contributed by atoms with Gasteiger partial charge in [-0.2, -0.15) is 16.7 Å². The van der Waals surface area contributed by atoms with Crippen molar-refractivity contribution in [2.24, 2.45) is 5.92 Å². The lowest BCUT2D eigenvalue weighted by atomic mass is 9.85. The first-order valence-corrected chi connectivity index (χ1v) is 9.16. The summed E-state index contributed by atoms with van der Waals surface area (Å²) in [4.78, 5) is 4.71. The third kappa shape index (κ3) is 2.50. The quantitative estimate of drug-likeness (QED) is 0.902. The zero-order valence-electron chi connectivity index (χ0n) is 11.9. The van der Waals surface area contributed by atoms with Gasteiger partial charge in [-0.3, -0.25) is 0 Å². The molecule has 2 saturated heterocycles. The summed E-state index contributed by atoms with van der Waals surface area (Å²) in [6, 6.07) is 0.992. The van der Waals surface area contributed by atoms with Gasteiger partial charge in [0.25, 0.3) is 0 Å². The molecule has 0 radical (unpaired) electrons. The van der Waals surface area contributed by atoms with Crippen LogP contribution in [0, 0.1) is 5.92 Å². The topological polar surface area (TPSA) is 51.0 Å². The Morgan fingerprint density at radius 2 is 2.00 bits per heavy atom. The summed E-state index contributed by atoms with van der Waals surface area (Å²) in [5.41, 5.74) is 0. The van der Waals surface area contributed by atoms with Gasteiger partial charge in [-0.15, -0.1) is 0 Å². The number of rotatable bonds is 2. The summed E-state index contributed by atoms with van der Waals surface area (Å²) in [5.74, 6) is 3.83. The molecule has 110 valence electrons. The van der Waals surface area contributed by atoms with Crippen LogP contribution < -0.4 is 5.32 Å². The lowest BCUT2D eigenvalue weighted by molar-refractivity contribution is 0.324. The molecule has 4 unspecified atom stereocenters. The van der Waals surface area contributed by atoms with E-state index in [0.29, 0.717) is 17.3 Å². The molecule has 1 aliphatic carbocycles. The summed E-state index contributed by atoms with van der Waals surface area (Å²) in [5, 5.41) is 8.44. The molecule has 3 aliphatic rings. The lowest BCUT2D eigenvalue weighted by Crippen LogP contribution is -2.30. The molecule has 0 aromatic carbocycles. The van der Waals surface area contributed by atoms with Gasteiger partial charge in [-0.25, -0.2) is 0 Å². The second-order valence-corrected chi connectivity index (χ2v) is 7.76. The van der Waals surface area contributed by atoms with Crippen LogP contribution in [-0.2, 0) is 0 Å². The van der Waals surface area contributed by atoms with Gasteiger partial charge in [-0.1, -0.05) is 24.4 Å². The number of aromatic nitrogens is 2. The SMILES string of the molecule is C1CCC(c2noc(C3CC4CCCCC4N3)n2)SC1. The van der Waals surface area contributed by atoms with E-state index in [1.165, 1.54) is 57.1 Å². The van der Waals surface area contributed by atoms with Crippen LogP contribution in [0.1, 0.15) is 74.4 Å². The highest BCUT2D eigenvalue weighted by Gasteiger charge is 2.38. The van der Waals surface area contributed by atoms with E-state index in [1.807, 2.05) is 11.8 Å². The Labute approximate surface area is 124 Å². The fraction of sp³-hybridized carbons (Fsp3) is 0.867. The van der Waals surface area contributed by atoms with E-state index >= 15 is 0 Å². The van der Waals surface area contributed by atoms with E-state index in [-0.39, 0.29) is 0 Å². The largest absolute Gasteiger partial charge is 0.338 e. The van der Waals surface area contributed by atoms with Crippen LogP contribution in [0.25, 0.3) is 0 Å². The molecular weight excluding hydrogens is 270 g/mol. The third-order valence-corrected chi connectivity index (χ3v) is 6.46. The number of hydrogen-bond donors (Lipinski definition) is 1. The lowest BCUT2D eigenvalue weighted by Gasteiger charge is -2.24. The summed E-state index contributed by atoms with van der Waals surface area (Å²) in [6.45, 7) is 0. The minimum Gasteiger partial charge on any atom is -0.338 e. The van der Waals surface area contributed by atoms with E-state index in [4.69, 9.17) is 9.51 Å². The molecule has 1 N–H and O–H groups in total. The molecule has 1 aromatic rings. The molecular formula is C15H23N3OS. The first-order chi connectivity index (χ1) is 9.90. The van der Waals surface area contributed by atoms with Gasteiger partial charge in [0.2, 0.25) is 5.89 Å². The van der Waals surface area contributed by atoms with Crippen molar-refractivity contribution in [2.45, 2.75) is 68.7 Å². The van der Waals surface area contributed by atoms with Gasteiger partial charge in [0.15, 0.2) is 5.82 Å². The van der Waals surface area contributed by atoms with E-state index in [9.17, 15) is 0 Å². The number of thioether (sulfide) groups is 1. The van der Waals surface area contributed by atoms with Crippen molar-refractivity contribution in [1.82, 2.24) is 15.5 Å². The van der Waals surface area contributed by atoms with Crippen LogP contribution in [0.2, 0.25) is 0 Å². The molecule has 2 aliphatic heterocycles. The van der Waals surface area contributed by atoms with Crippen molar-refractivity contribution >= 4 is 11.8 Å². The Bertz CT molecular complexity index is 444. The van der Waals surface area contributed by atoms with E-state index in [0.717, 1.165) is 17.6 Å². The first kappa shape index (κ1) is 13.1. The molecule has 5 heteroatoms. The maximum atomic E-state index is 5.57. The van der Waals surface area contributed by atoms with Crippen LogP contribution in [0.5, 0.6) is 0 Å². The van der Waals surface area contributed by atoms with E-state index < -0.39 is 0 Å². The zero-order valence-corrected chi connectivity index (χ0v) is 12.7. The first-order valence-electron chi connectivity index (χ1n) is 8.11. The molecule has 20 heavy (non-hydrogen) atoms. The molecule has 0 bridgehead atoms. The third-order valence-electron chi connectivity index (χ3n) is 5.09. The van der Waals surface area contributed by atoms with Gasteiger partial charge in [0.05, 0.1) is 11.3 Å². The highest BCUT2D eigenvalue weighted by molar-refractivity contribution is 7.99. The Balaban J connectivity index is 1.45. The fourth-order valence-electron chi connectivity index (χ4n) is 3.97. The molecule has 3 fully saturated rings. The summed E-state index contributed by atoms with van der Waals surface area (Å²) in [6.07, 6.45) is 10.5. The second kappa shape index (κ2) is 5.68. The van der Waals surface area contributed by atoms with E-state index in [2.05, 4.69) is 10.5 Å². The Hall–Kier alpha value is -0.550. The zero-order chi connectivity index (χ0) is 13.4. The average Bonchev–Trinajstić information content (AvgIpc) is 3.14. The summed E-state index contributed by atoms with van der Waals surface area (Å²) >= 11 is 1.99. The highest BCUT2D eigenvalue weighted by atomic mass is 32.2. The van der Waals surface area contributed by atoms with Crippen molar-refractivity contribution in [3.05, 3.63) is 11.7 Å². The standard InChI is InChI=1S/C15H23N3OS/c1-2-6-11-10(5-1)9-12(16-11)15-17-14(18-19-15)13-7-3-4-8-20-13/h10-13,16H,1-9H2. The summed E-state index contributed by atoms with van der Waals surface area (Å²) < 4.78 is 5.57. The minimum atomic E-state index is 0.304. The van der Waals surface area contributed by atoms with Gasteiger partial charge < -0.3 is 9.84 Å². The maximum Gasteiger partial charge on any atom is 0.243 e. The summed E-state index contributed by atoms with van der Waals surface area (Å²) in [7, 11) is 0. The van der Waals surface area contributed by atoms with Crippen LogP contribution >= 0.6 is 11.8 Å². The maximum absolute atomic E-state index is 5.57. The highest BCUT2D eigenvalue weighted by Crippen LogP contribution is 2.40. The Morgan fingerprint density at radius 1 is 1.10 bits per heavy atom. The molecule has 3 heterocycles. The van der Waals surface area contributed by atoms with Crippen LogP contribution in [0.3, 0.4) is 0 Å². The van der Waals surface area contributed by atoms with Crippen LogP contribution in [0.15, 0.2) is 4.52 Å². The van der Waals surface area contributed by atoms with Crippen LogP contribution in [0.4, 0.5) is 0 Å². The predicted molar refractivity (Wildman–Crippen MR) is 79.6 cm³/mol. The van der Waals surface area contributed by atoms with Gasteiger partial charge in [0, 0.05) is 6.04 Å². The molecule has 0 amide bonds. The van der Waals surface area contributed by atoms with Gasteiger partial charge in [-0.05, 0) is 43.8 Å². The monoisotopic (exact) mass is 293 g/mol. The normalized spacial score (nSPS) is 37.8. The molecule has 0 spiro atoms. The van der Waals surface area contributed by atoms with E-state index in [1.54, 1.807) is 0 Å². The molecule has 4 nitrogen and oxygen atoms in total. The Kier molecular flexibility index (Phi) is 3.73. The second-order valence-electron chi connectivity index (χ2n) is 6.45. The molecule has 4 atom stereocenters. The number of nitrogens with one attached hydrogen (secondary N) is 1. The number of nitrogens with zero attached hydrogens (tertiary/aromatic N) is 2. The van der Waals surface area contributed by atoms with Crippen molar-refractivity contribution < 1.29 is 4.52 Å². The van der Waals surface area contributed by atoms with Crippen LogP contribution in [-0.4, -0.2) is 21.9 Å². The van der Waals surface area contributed by atoms with Crippen molar-refractivity contribution in [3.8, 4) is 0 Å². The van der Waals surface area contributed by atoms with Crippen molar-refractivity contribution in [1.29, 1.82) is 0 Å². The van der Waals surface area contributed by atoms with Crippen molar-refractivity contribution in [3.63, 3.8) is 0 Å². The molecule has 1 aromatic heterocycles.